The molecule has 1 aliphatic heterocycles. The maximum absolute atomic E-state index is 9.84. The van der Waals surface area contributed by atoms with Crippen molar-refractivity contribution in [3.63, 3.8) is 0 Å². The predicted octanol–water partition coefficient (Wildman–Crippen LogP) is 4.39. The van der Waals surface area contributed by atoms with Crippen molar-refractivity contribution in [2.45, 2.75) is 77.3 Å². The molecule has 1 atom stereocenters. The minimum atomic E-state index is -0.471. The maximum atomic E-state index is 9.84. The molecule has 2 rings (SSSR count). The number of hydrogen-bond acceptors (Lipinski definition) is 4. The van der Waals surface area contributed by atoms with Crippen LogP contribution < -0.4 is 9.31 Å². The largest absolute Gasteiger partial charge is 0.535 e. The van der Waals surface area contributed by atoms with Crippen molar-refractivity contribution in [1.82, 2.24) is 0 Å². The summed E-state index contributed by atoms with van der Waals surface area (Å²) in [5.74, 6) is 0.910. The van der Waals surface area contributed by atoms with Crippen molar-refractivity contribution in [2.75, 3.05) is 0 Å². The summed E-state index contributed by atoms with van der Waals surface area (Å²) >= 11 is 0. The molecule has 1 N–H and O–H groups in total. The first-order valence-electron chi connectivity index (χ1n) is 8.02. The van der Waals surface area contributed by atoms with Gasteiger partial charge in [0.1, 0.15) is 0 Å². The molecule has 122 valence electrons. The van der Waals surface area contributed by atoms with E-state index in [1.165, 1.54) is 0 Å². The molecular formula is C16H28B2O4. The lowest BCUT2D eigenvalue weighted by molar-refractivity contribution is 0.143. The standard InChI is InChI=1S/C16H28B2O4/c1-11(19)14(2,3)17(8)21-12-9-10-13(20-12)22-18-15(4,5)16(18,6)7/h9-11,19H,1-8H3. The van der Waals surface area contributed by atoms with E-state index in [4.69, 9.17) is 13.7 Å². The van der Waals surface area contributed by atoms with Crippen LogP contribution in [0.1, 0.15) is 48.5 Å². The Kier molecular flexibility index (Phi) is 4.14. The Morgan fingerprint density at radius 3 is 2.14 bits per heavy atom. The minimum absolute atomic E-state index is 0.141. The van der Waals surface area contributed by atoms with E-state index in [0.29, 0.717) is 11.9 Å². The van der Waals surface area contributed by atoms with Crippen LogP contribution in [0.15, 0.2) is 16.5 Å². The molecule has 1 saturated heterocycles. The van der Waals surface area contributed by atoms with E-state index in [1.54, 1.807) is 19.1 Å². The molecule has 0 aliphatic carbocycles. The summed E-state index contributed by atoms with van der Waals surface area (Å²) < 4.78 is 17.4. The summed E-state index contributed by atoms with van der Waals surface area (Å²) in [5.41, 5.74) is 0. The number of rotatable bonds is 6. The Morgan fingerprint density at radius 2 is 1.68 bits per heavy atom. The van der Waals surface area contributed by atoms with Crippen molar-refractivity contribution in [3.8, 4) is 11.9 Å². The topological polar surface area (TPSA) is 51.8 Å². The first-order valence-corrected chi connectivity index (χ1v) is 8.02. The molecule has 1 fully saturated rings. The fourth-order valence-corrected chi connectivity index (χ4v) is 2.64. The van der Waals surface area contributed by atoms with Crippen LogP contribution >= 0.6 is 0 Å². The predicted molar refractivity (Wildman–Crippen MR) is 91.1 cm³/mol. The van der Waals surface area contributed by atoms with Crippen LogP contribution in [-0.4, -0.2) is 25.0 Å². The molecule has 0 bridgehead atoms. The van der Waals surface area contributed by atoms with E-state index in [-0.39, 0.29) is 29.8 Å². The van der Waals surface area contributed by atoms with Crippen LogP contribution in [0.5, 0.6) is 11.9 Å². The minimum Gasteiger partial charge on any atom is -0.535 e. The summed E-state index contributed by atoms with van der Waals surface area (Å²) in [5, 5.41) is 9.76. The second kappa shape index (κ2) is 5.26. The smallest absolute Gasteiger partial charge is 0.373 e. The lowest BCUT2D eigenvalue weighted by Crippen LogP contribution is -2.38. The molecule has 0 amide bonds. The van der Waals surface area contributed by atoms with Gasteiger partial charge in [0.15, 0.2) is 0 Å². The monoisotopic (exact) mass is 306 g/mol. The fraction of sp³-hybridized carbons (Fsp3) is 0.750. The highest BCUT2D eigenvalue weighted by Crippen LogP contribution is 2.73. The SMILES string of the molecule is CB(Oc1ccc(OB2C(C)(C)C2(C)C)o1)C(C)(C)C(C)O. The molecule has 0 saturated carbocycles. The van der Waals surface area contributed by atoms with E-state index in [2.05, 4.69) is 27.7 Å². The van der Waals surface area contributed by atoms with Crippen molar-refractivity contribution >= 4 is 13.8 Å². The number of furan rings is 1. The highest BCUT2D eigenvalue weighted by molar-refractivity contribution is 6.73. The first kappa shape index (κ1) is 17.3. The van der Waals surface area contributed by atoms with E-state index in [9.17, 15) is 5.11 Å². The molecule has 22 heavy (non-hydrogen) atoms. The number of aliphatic hydroxyl groups is 1. The molecule has 1 aromatic rings. The lowest BCUT2D eigenvalue weighted by atomic mass is 9.46. The molecular weight excluding hydrogens is 278 g/mol. The van der Waals surface area contributed by atoms with Gasteiger partial charge in [0.2, 0.25) is 0 Å². The summed E-state index contributed by atoms with van der Waals surface area (Å²) in [4.78, 5) is 0. The van der Waals surface area contributed by atoms with Gasteiger partial charge < -0.3 is 18.8 Å². The van der Waals surface area contributed by atoms with Crippen molar-refractivity contribution < 1.29 is 18.8 Å². The van der Waals surface area contributed by atoms with Gasteiger partial charge in [-0.2, -0.15) is 0 Å². The fourth-order valence-electron chi connectivity index (χ4n) is 2.64. The molecule has 1 unspecified atom stereocenters. The van der Waals surface area contributed by atoms with E-state index < -0.39 is 6.10 Å². The Labute approximate surface area is 134 Å². The summed E-state index contributed by atoms with van der Waals surface area (Å²) in [6.45, 7) is 16.4. The molecule has 2 heterocycles. The van der Waals surface area contributed by atoms with Crippen LogP contribution in [0, 0.1) is 0 Å². The van der Waals surface area contributed by atoms with Crippen LogP contribution in [0.25, 0.3) is 0 Å². The summed E-state index contributed by atoms with van der Waals surface area (Å²) in [6, 6.07) is 3.56. The molecule has 1 aliphatic rings. The van der Waals surface area contributed by atoms with Crippen LogP contribution in [-0.2, 0) is 0 Å². The average Bonchev–Trinajstić information content (AvgIpc) is 2.72. The maximum Gasteiger partial charge on any atom is 0.373 e. The number of hydrogen-bond donors (Lipinski definition) is 1. The zero-order valence-corrected chi connectivity index (χ0v) is 15.1. The van der Waals surface area contributed by atoms with E-state index >= 15 is 0 Å². The Hall–Kier alpha value is -1.03. The molecule has 1 aromatic heterocycles. The summed E-state index contributed by atoms with van der Waals surface area (Å²) in [6.07, 6.45) is -0.471. The van der Waals surface area contributed by atoms with Gasteiger partial charge in [0, 0.05) is 17.4 Å². The van der Waals surface area contributed by atoms with Crippen molar-refractivity contribution in [1.29, 1.82) is 0 Å². The number of aliphatic hydroxyl groups excluding tert-OH is 1. The third-order valence-corrected chi connectivity index (χ3v) is 6.10. The van der Waals surface area contributed by atoms with Gasteiger partial charge in [-0.1, -0.05) is 41.5 Å². The third-order valence-electron chi connectivity index (χ3n) is 6.10. The van der Waals surface area contributed by atoms with Gasteiger partial charge in [-0.3, -0.25) is 0 Å². The Morgan fingerprint density at radius 1 is 1.18 bits per heavy atom. The normalized spacial score (nSPS) is 20.5. The molecule has 0 spiro atoms. The van der Waals surface area contributed by atoms with Gasteiger partial charge in [0.25, 0.3) is 11.9 Å². The van der Waals surface area contributed by atoms with Gasteiger partial charge in [0.05, 0.1) is 6.10 Å². The van der Waals surface area contributed by atoms with Crippen LogP contribution in [0.3, 0.4) is 0 Å². The van der Waals surface area contributed by atoms with Gasteiger partial charge >= 0.3 is 13.8 Å². The average molecular weight is 306 g/mol. The third kappa shape index (κ3) is 2.78. The second-order valence-electron chi connectivity index (χ2n) is 8.27. The first-order chi connectivity index (χ1) is 9.90. The van der Waals surface area contributed by atoms with Crippen LogP contribution in [0.4, 0.5) is 0 Å². The quantitative estimate of drug-likeness (QED) is 0.792. The molecule has 0 radical (unpaired) electrons. The van der Waals surface area contributed by atoms with Crippen molar-refractivity contribution in [3.05, 3.63) is 12.1 Å². The summed E-state index contributed by atoms with van der Waals surface area (Å²) in [7, 11) is 0. The van der Waals surface area contributed by atoms with Gasteiger partial charge in [-0.05, 0) is 24.4 Å². The molecule has 0 aromatic carbocycles. The molecule has 4 nitrogen and oxygen atoms in total. The highest BCUT2D eigenvalue weighted by Gasteiger charge is 2.72. The van der Waals surface area contributed by atoms with E-state index in [1.807, 2.05) is 20.7 Å². The second-order valence-corrected chi connectivity index (χ2v) is 8.27. The van der Waals surface area contributed by atoms with Gasteiger partial charge in [-0.15, -0.1) is 0 Å². The zero-order valence-electron chi connectivity index (χ0n) is 15.1. The Balaban J connectivity index is 1.99. The van der Waals surface area contributed by atoms with Crippen molar-refractivity contribution in [2.24, 2.45) is 0 Å². The molecule has 6 heteroatoms. The highest BCUT2D eigenvalue weighted by atomic mass is 16.6. The van der Waals surface area contributed by atoms with E-state index in [0.717, 1.165) is 0 Å². The zero-order chi connectivity index (χ0) is 16.9. The van der Waals surface area contributed by atoms with Gasteiger partial charge in [-0.25, -0.2) is 0 Å². The lowest BCUT2D eigenvalue weighted by Gasteiger charge is -2.30. The van der Waals surface area contributed by atoms with Crippen LogP contribution in [0.2, 0.25) is 22.8 Å². The Bertz CT molecular complexity index is 520.